The van der Waals surface area contributed by atoms with Crippen LogP contribution in [0.5, 0.6) is 0 Å². The van der Waals surface area contributed by atoms with Gasteiger partial charge in [0.1, 0.15) is 23.1 Å². The first-order valence-electron chi connectivity index (χ1n) is 6.56. The van der Waals surface area contributed by atoms with Gasteiger partial charge in [-0.3, -0.25) is 19.8 Å². The Bertz CT molecular complexity index is 650. The van der Waals surface area contributed by atoms with Gasteiger partial charge in [0.15, 0.2) is 0 Å². The van der Waals surface area contributed by atoms with Crippen molar-refractivity contribution in [1.29, 1.82) is 5.26 Å². The number of nitrogens with two attached hydrogens (primary N) is 1. The van der Waals surface area contributed by atoms with Crippen molar-refractivity contribution in [2.75, 3.05) is 37.6 Å². The number of carbonyl (C=O) groups excluding carboxylic acids is 1. The third-order valence-electron chi connectivity index (χ3n) is 3.48. The number of amides is 1. The van der Waals surface area contributed by atoms with Crippen LogP contribution in [0.15, 0.2) is 12.1 Å². The zero-order valence-electron chi connectivity index (χ0n) is 11.7. The first-order chi connectivity index (χ1) is 10.4. The van der Waals surface area contributed by atoms with Gasteiger partial charge in [-0.05, 0) is 6.07 Å². The highest BCUT2D eigenvalue weighted by molar-refractivity contribution is 5.76. The second kappa shape index (κ2) is 6.36. The maximum atomic E-state index is 13.8. The van der Waals surface area contributed by atoms with E-state index in [4.69, 9.17) is 11.0 Å². The number of piperazine rings is 1. The summed E-state index contributed by atoms with van der Waals surface area (Å²) in [5.74, 6) is -1.24. The normalized spacial score (nSPS) is 15.4. The molecule has 0 radical (unpaired) electrons. The summed E-state index contributed by atoms with van der Waals surface area (Å²) >= 11 is 0. The summed E-state index contributed by atoms with van der Waals surface area (Å²) in [5.41, 5.74) is 4.47. The van der Waals surface area contributed by atoms with Gasteiger partial charge in [-0.15, -0.1) is 0 Å². The molecular formula is C13H14FN5O3. The molecule has 9 heteroatoms. The summed E-state index contributed by atoms with van der Waals surface area (Å²) in [6, 6.07) is 3.67. The molecule has 1 amide bonds. The highest BCUT2D eigenvalue weighted by Crippen LogP contribution is 2.34. The Morgan fingerprint density at radius 2 is 2.05 bits per heavy atom. The monoisotopic (exact) mass is 307 g/mol. The first-order valence-corrected chi connectivity index (χ1v) is 6.56. The zero-order chi connectivity index (χ0) is 16.3. The minimum atomic E-state index is -0.789. The molecule has 2 rings (SSSR count). The number of hydrogen-bond donors (Lipinski definition) is 1. The molecule has 8 nitrogen and oxygen atoms in total. The number of carbonyl (C=O) groups is 1. The van der Waals surface area contributed by atoms with Crippen LogP contribution in [0, 0.1) is 27.3 Å². The molecule has 0 spiro atoms. The maximum Gasteiger partial charge on any atom is 0.294 e. The second-order valence-electron chi connectivity index (χ2n) is 4.89. The van der Waals surface area contributed by atoms with E-state index in [-0.39, 0.29) is 23.5 Å². The van der Waals surface area contributed by atoms with Gasteiger partial charge in [-0.25, -0.2) is 4.39 Å². The molecule has 0 aromatic heterocycles. The van der Waals surface area contributed by atoms with Crippen LogP contribution in [0.4, 0.5) is 15.8 Å². The fourth-order valence-corrected chi connectivity index (χ4v) is 2.48. The number of rotatable bonds is 4. The number of nitriles is 1. The van der Waals surface area contributed by atoms with Gasteiger partial charge in [-0.2, -0.15) is 5.26 Å². The van der Waals surface area contributed by atoms with Gasteiger partial charge in [0.2, 0.25) is 5.91 Å². The van der Waals surface area contributed by atoms with E-state index in [0.717, 1.165) is 12.1 Å². The summed E-state index contributed by atoms with van der Waals surface area (Å²) in [5, 5.41) is 20.2. The van der Waals surface area contributed by atoms with Crippen LogP contribution in [0.25, 0.3) is 0 Å². The number of benzene rings is 1. The Hall–Kier alpha value is -2.73. The van der Waals surface area contributed by atoms with Crippen molar-refractivity contribution in [3.63, 3.8) is 0 Å². The van der Waals surface area contributed by atoms with Crippen LogP contribution in [-0.2, 0) is 4.79 Å². The molecule has 1 aliphatic rings. The summed E-state index contributed by atoms with van der Waals surface area (Å²) in [7, 11) is 0. The molecule has 1 fully saturated rings. The summed E-state index contributed by atoms with van der Waals surface area (Å²) < 4.78 is 13.8. The lowest BCUT2D eigenvalue weighted by molar-refractivity contribution is -0.384. The number of hydrogen-bond acceptors (Lipinski definition) is 6. The average Bonchev–Trinajstić information content (AvgIpc) is 2.46. The number of anilines is 1. The molecule has 1 aromatic rings. The standard InChI is InChI=1S/C13H14FN5O3/c14-10-1-2-11(19(21)22)13(9(10)7-15)18-5-3-17(4-6-18)8-12(16)20/h1-2H,3-6,8H2,(H2,16,20). The van der Waals surface area contributed by atoms with Crippen molar-refractivity contribution >= 4 is 17.3 Å². The highest BCUT2D eigenvalue weighted by atomic mass is 19.1. The highest BCUT2D eigenvalue weighted by Gasteiger charge is 2.28. The SMILES string of the molecule is N#Cc1c(F)ccc([N+](=O)[O-])c1N1CCN(CC(N)=O)CC1. The second-order valence-corrected chi connectivity index (χ2v) is 4.89. The summed E-state index contributed by atoms with van der Waals surface area (Å²) in [6.07, 6.45) is 0. The summed E-state index contributed by atoms with van der Waals surface area (Å²) in [6.45, 7) is 1.67. The van der Waals surface area contributed by atoms with Gasteiger partial charge in [0, 0.05) is 32.2 Å². The fraction of sp³-hybridized carbons (Fsp3) is 0.385. The molecule has 116 valence electrons. The molecule has 1 aromatic carbocycles. The molecule has 0 aliphatic carbocycles. The number of nitrogens with zero attached hydrogens (tertiary/aromatic N) is 4. The summed E-state index contributed by atoms with van der Waals surface area (Å²) in [4.78, 5) is 24.8. The minimum absolute atomic E-state index is 0.00812. The van der Waals surface area contributed by atoms with Gasteiger partial charge >= 0.3 is 0 Å². The predicted octanol–water partition coefficient (Wildman–Crippen LogP) is 0.213. The molecule has 0 bridgehead atoms. The number of primary amides is 1. The Labute approximate surface area is 125 Å². The Balaban J connectivity index is 2.30. The molecule has 0 saturated carbocycles. The van der Waals surface area contributed by atoms with Crippen molar-refractivity contribution in [2.45, 2.75) is 0 Å². The molecule has 0 unspecified atom stereocenters. The molecule has 1 heterocycles. The van der Waals surface area contributed by atoms with E-state index in [1.165, 1.54) is 0 Å². The number of nitro groups is 1. The number of halogens is 1. The molecule has 2 N–H and O–H groups in total. The van der Waals surface area contributed by atoms with E-state index in [1.54, 1.807) is 15.9 Å². The van der Waals surface area contributed by atoms with E-state index in [2.05, 4.69) is 0 Å². The van der Waals surface area contributed by atoms with E-state index < -0.39 is 16.6 Å². The van der Waals surface area contributed by atoms with Crippen LogP contribution >= 0.6 is 0 Å². The van der Waals surface area contributed by atoms with Crippen LogP contribution in [0.2, 0.25) is 0 Å². The van der Waals surface area contributed by atoms with Crippen LogP contribution < -0.4 is 10.6 Å². The first kappa shape index (κ1) is 15.7. The van der Waals surface area contributed by atoms with Crippen molar-refractivity contribution in [1.82, 2.24) is 4.90 Å². The Kier molecular flexibility index (Phi) is 4.53. The third-order valence-corrected chi connectivity index (χ3v) is 3.48. The smallest absolute Gasteiger partial charge is 0.294 e. The molecule has 1 saturated heterocycles. The molecule has 1 aliphatic heterocycles. The lowest BCUT2D eigenvalue weighted by atomic mass is 10.1. The van der Waals surface area contributed by atoms with Crippen molar-refractivity contribution in [2.24, 2.45) is 5.73 Å². The lowest BCUT2D eigenvalue weighted by Gasteiger charge is -2.35. The van der Waals surface area contributed by atoms with Crippen LogP contribution in [-0.4, -0.2) is 48.5 Å². The van der Waals surface area contributed by atoms with Gasteiger partial charge in [-0.1, -0.05) is 0 Å². The van der Waals surface area contributed by atoms with Crippen molar-refractivity contribution in [3.8, 4) is 6.07 Å². The van der Waals surface area contributed by atoms with Gasteiger partial charge in [0.05, 0.1) is 11.5 Å². The maximum absolute atomic E-state index is 13.8. The topological polar surface area (TPSA) is 116 Å². The van der Waals surface area contributed by atoms with E-state index in [1.807, 2.05) is 0 Å². The molecule has 0 atom stereocenters. The van der Waals surface area contributed by atoms with E-state index in [0.29, 0.717) is 26.2 Å². The third kappa shape index (κ3) is 3.12. The Morgan fingerprint density at radius 1 is 1.41 bits per heavy atom. The zero-order valence-corrected chi connectivity index (χ0v) is 11.7. The van der Waals surface area contributed by atoms with Crippen molar-refractivity contribution in [3.05, 3.63) is 33.6 Å². The largest absolute Gasteiger partial charge is 0.369 e. The average molecular weight is 307 g/mol. The van der Waals surface area contributed by atoms with E-state index in [9.17, 15) is 19.3 Å². The van der Waals surface area contributed by atoms with Gasteiger partial charge < -0.3 is 10.6 Å². The molecule has 22 heavy (non-hydrogen) atoms. The van der Waals surface area contributed by atoms with Crippen LogP contribution in [0.1, 0.15) is 5.56 Å². The Morgan fingerprint density at radius 3 is 2.55 bits per heavy atom. The fourth-order valence-electron chi connectivity index (χ4n) is 2.48. The van der Waals surface area contributed by atoms with E-state index >= 15 is 0 Å². The van der Waals surface area contributed by atoms with Crippen LogP contribution in [0.3, 0.4) is 0 Å². The molecular weight excluding hydrogens is 293 g/mol. The van der Waals surface area contributed by atoms with Gasteiger partial charge in [0.25, 0.3) is 5.69 Å². The lowest BCUT2D eigenvalue weighted by Crippen LogP contribution is -2.49. The predicted molar refractivity (Wildman–Crippen MR) is 75.6 cm³/mol. The van der Waals surface area contributed by atoms with Crippen molar-refractivity contribution < 1.29 is 14.1 Å². The quantitative estimate of drug-likeness (QED) is 0.628. The minimum Gasteiger partial charge on any atom is -0.369 e. The number of nitro benzene ring substituents is 1.